The second-order valence-electron chi connectivity index (χ2n) is 3.10. The average molecular weight is 257 g/mol. The van der Waals surface area contributed by atoms with Crippen LogP contribution in [0.15, 0.2) is 17.0 Å². The Hall–Kier alpha value is -1.17. The van der Waals surface area contributed by atoms with Gasteiger partial charge in [-0.25, -0.2) is 9.97 Å². The maximum Gasteiger partial charge on any atom is 0.240 e. The van der Waals surface area contributed by atoms with E-state index < -0.39 is 0 Å². The molecule has 6 heteroatoms. The van der Waals surface area contributed by atoms with Crippen LogP contribution < -0.4 is 10.6 Å². The Labute approximate surface area is 89.5 Å². The van der Waals surface area contributed by atoms with Crippen molar-refractivity contribution in [2.75, 3.05) is 11.4 Å². The van der Waals surface area contributed by atoms with Gasteiger partial charge in [-0.05, 0) is 22.4 Å². The second kappa shape index (κ2) is 3.53. The van der Waals surface area contributed by atoms with E-state index in [0.29, 0.717) is 4.60 Å². The molecular weight excluding hydrogens is 248 g/mol. The van der Waals surface area contributed by atoms with E-state index in [9.17, 15) is 4.79 Å². The highest BCUT2D eigenvalue weighted by Gasteiger charge is 2.33. The summed E-state index contributed by atoms with van der Waals surface area (Å²) in [5, 5.41) is 0. The van der Waals surface area contributed by atoms with E-state index in [2.05, 4.69) is 25.9 Å². The standard InChI is InChI=1S/C8H9BrN4O/c9-6-3-7(12-4-11-6)13-2-1-5(13)8(10)14/h3-5H,1-2H2,(H2,10,14). The van der Waals surface area contributed by atoms with E-state index in [1.165, 1.54) is 6.33 Å². The average Bonchev–Trinajstić information content (AvgIpc) is 2.00. The Morgan fingerprint density at radius 1 is 1.64 bits per heavy atom. The summed E-state index contributed by atoms with van der Waals surface area (Å²) in [4.78, 5) is 20.8. The molecule has 1 aliphatic rings. The van der Waals surface area contributed by atoms with E-state index in [1.807, 2.05) is 4.90 Å². The fraction of sp³-hybridized carbons (Fsp3) is 0.375. The van der Waals surface area contributed by atoms with Crippen LogP contribution in [0.5, 0.6) is 0 Å². The van der Waals surface area contributed by atoms with Gasteiger partial charge in [0, 0.05) is 12.6 Å². The summed E-state index contributed by atoms with van der Waals surface area (Å²) in [5.41, 5.74) is 5.23. The van der Waals surface area contributed by atoms with Crippen LogP contribution in [0.3, 0.4) is 0 Å². The molecule has 14 heavy (non-hydrogen) atoms. The highest BCUT2D eigenvalue weighted by Crippen LogP contribution is 2.25. The molecule has 0 radical (unpaired) electrons. The maximum atomic E-state index is 11.0. The number of nitrogens with two attached hydrogens (primary N) is 1. The molecule has 2 N–H and O–H groups in total. The molecule has 0 saturated carbocycles. The lowest BCUT2D eigenvalue weighted by atomic mass is 10.0. The molecule has 0 spiro atoms. The number of halogens is 1. The number of hydrogen-bond acceptors (Lipinski definition) is 4. The van der Waals surface area contributed by atoms with Crippen molar-refractivity contribution in [1.29, 1.82) is 0 Å². The zero-order chi connectivity index (χ0) is 10.1. The summed E-state index contributed by atoms with van der Waals surface area (Å²) in [6, 6.07) is 1.56. The molecule has 1 aromatic rings. The molecule has 1 amide bonds. The minimum atomic E-state index is -0.300. The number of primary amides is 1. The van der Waals surface area contributed by atoms with Crippen molar-refractivity contribution in [3.8, 4) is 0 Å². The number of nitrogens with zero attached hydrogens (tertiary/aromatic N) is 3. The summed E-state index contributed by atoms with van der Waals surface area (Å²) in [6.45, 7) is 0.817. The first-order valence-electron chi connectivity index (χ1n) is 4.22. The summed E-state index contributed by atoms with van der Waals surface area (Å²) < 4.78 is 0.706. The molecule has 2 rings (SSSR count). The lowest BCUT2D eigenvalue weighted by molar-refractivity contribution is -0.120. The molecule has 0 bridgehead atoms. The van der Waals surface area contributed by atoms with Crippen LogP contribution in [0.2, 0.25) is 0 Å². The number of aromatic nitrogens is 2. The Morgan fingerprint density at radius 3 is 2.93 bits per heavy atom. The van der Waals surface area contributed by atoms with Gasteiger partial charge in [0.2, 0.25) is 5.91 Å². The molecule has 1 aliphatic heterocycles. The molecule has 1 unspecified atom stereocenters. The van der Waals surface area contributed by atoms with E-state index in [0.717, 1.165) is 18.8 Å². The predicted octanol–water partition coefficient (Wildman–Crippen LogP) is 0.303. The smallest absolute Gasteiger partial charge is 0.240 e. The van der Waals surface area contributed by atoms with Gasteiger partial charge in [0.15, 0.2) is 0 Å². The Balaban J connectivity index is 2.20. The van der Waals surface area contributed by atoms with Crippen LogP contribution in [0.25, 0.3) is 0 Å². The van der Waals surface area contributed by atoms with Crippen molar-refractivity contribution in [3.63, 3.8) is 0 Å². The normalized spacial score (nSPS) is 20.4. The zero-order valence-electron chi connectivity index (χ0n) is 7.35. The molecule has 1 saturated heterocycles. The summed E-state index contributed by atoms with van der Waals surface area (Å²) in [5.74, 6) is 0.438. The predicted molar refractivity (Wildman–Crippen MR) is 54.7 cm³/mol. The molecular formula is C8H9BrN4O. The molecule has 5 nitrogen and oxygen atoms in total. The maximum absolute atomic E-state index is 11.0. The minimum Gasteiger partial charge on any atom is -0.368 e. The third-order valence-electron chi connectivity index (χ3n) is 2.26. The fourth-order valence-corrected chi connectivity index (χ4v) is 1.73. The molecule has 0 aliphatic carbocycles. The SMILES string of the molecule is NC(=O)C1CCN1c1cc(Br)ncn1. The number of carbonyl (C=O) groups is 1. The van der Waals surface area contributed by atoms with Crippen LogP contribution in [0.4, 0.5) is 5.82 Å². The van der Waals surface area contributed by atoms with Gasteiger partial charge in [-0.2, -0.15) is 0 Å². The third kappa shape index (κ3) is 1.57. The highest BCUT2D eigenvalue weighted by molar-refractivity contribution is 9.10. The minimum absolute atomic E-state index is 0.211. The summed E-state index contributed by atoms with van der Waals surface area (Å²) in [6.07, 6.45) is 2.26. The Morgan fingerprint density at radius 2 is 2.43 bits per heavy atom. The van der Waals surface area contributed by atoms with Crippen molar-refractivity contribution in [2.45, 2.75) is 12.5 Å². The number of anilines is 1. The van der Waals surface area contributed by atoms with Crippen molar-refractivity contribution in [1.82, 2.24) is 9.97 Å². The molecule has 1 aromatic heterocycles. The third-order valence-corrected chi connectivity index (χ3v) is 2.70. The van der Waals surface area contributed by atoms with E-state index in [1.54, 1.807) is 6.07 Å². The van der Waals surface area contributed by atoms with Gasteiger partial charge in [-0.15, -0.1) is 0 Å². The molecule has 0 aromatic carbocycles. The number of carbonyl (C=O) groups excluding carboxylic acids is 1. The number of rotatable bonds is 2. The quantitative estimate of drug-likeness (QED) is 0.773. The molecule has 74 valence electrons. The van der Waals surface area contributed by atoms with Crippen molar-refractivity contribution in [2.24, 2.45) is 5.73 Å². The number of amides is 1. The van der Waals surface area contributed by atoms with E-state index in [-0.39, 0.29) is 11.9 Å². The van der Waals surface area contributed by atoms with Crippen LogP contribution in [-0.4, -0.2) is 28.5 Å². The molecule has 1 fully saturated rings. The van der Waals surface area contributed by atoms with Crippen molar-refractivity contribution in [3.05, 3.63) is 17.0 Å². The lowest BCUT2D eigenvalue weighted by Crippen LogP contribution is -2.55. The molecule has 1 atom stereocenters. The first-order chi connectivity index (χ1) is 6.68. The van der Waals surface area contributed by atoms with Gasteiger partial charge in [0.05, 0.1) is 0 Å². The Bertz CT molecular complexity index is 370. The van der Waals surface area contributed by atoms with Gasteiger partial charge in [-0.3, -0.25) is 4.79 Å². The van der Waals surface area contributed by atoms with Gasteiger partial charge in [-0.1, -0.05) is 0 Å². The topological polar surface area (TPSA) is 72.1 Å². The van der Waals surface area contributed by atoms with Crippen LogP contribution in [-0.2, 0) is 4.79 Å². The van der Waals surface area contributed by atoms with Crippen molar-refractivity contribution < 1.29 is 4.79 Å². The summed E-state index contributed by atoms with van der Waals surface area (Å²) >= 11 is 3.25. The van der Waals surface area contributed by atoms with Crippen LogP contribution >= 0.6 is 15.9 Å². The van der Waals surface area contributed by atoms with Gasteiger partial charge in [0.1, 0.15) is 22.8 Å². The summed E-state index contributed by atoms with van der Waals surface area (Å²) in [7, 11) is 0. The fourth-order valence-electron chi connectivity index (χ4n) is 1.44. The van der Waals surface area contributed by atoms with Gasteiger partial charge >= 0.3 is 0 Å². The van der Waals surface area contributed by atoms with E-state index in [4.69, 9.17) is 5.73 Å². The first kappa shape index (κ1) is 9.39. The largest absolute Gasteiger partial charge is 0.368 e. The van der Waals surface area contributed by atoms with Crippen molar-refractivity contribution >= 4 is 27.7 Å². The lowest BCUT2D eigenvalue weighted by Gasteiger charge is -2.39. The van der Waals surface area contributed by atoms with Crippen LogP contribution in [0, 0.1) is 0 Å². The number of hydrogen-bond donors (Lipinski definition) is 1. The Kier molecular flexibility index (Phi) is 2.37. The van der Waals surface area contributed by atoms with Crippen LogP contribution in [0.1, 0.15) is 6.42 Å². The second-order valence-corrected chi connectivity index (χ2v) is 3.91. The highest BCUT2D eigenvalue weighted by atomic mass is 79.9. The van der Waals surface area contributed by atoms with Gasteiger partial charge in [0.25, 0.3) is 0 Å². The van der Waals surface area contributed by atoms with Gasteiger partial charge < -0.3 is 10.6 Å². The molecule has 2 heterocycles. The van der Waals surface area contributed by atoms with E-state index >= 15 is 0 Å². The zero-order valence-corrected chi connectivity index (χ0v) is 8.94. The first-order valence-corrected chi connectivity index (χ1v) is 5.01. The monoisotopic (exact) mass is 256 g/mol.